The predicted molar refractivity (Wildman–Crippen MR) is 77.8 cm³/mol. The van der Waals surface area contributed by atoms with Crippen LogP contribution in [0.1, 0.15) is 11.3 Å². The molecule has 1 saturated heterocycles. The highest BCUT2D eigenvalue weighted by molar-refractivity contribution is 7.07. The Morgan fingerprint density at radius 2 is 2.15 bits per heavy atom. The first-order valence-corrected chi connectivity index (χ1v) is 7.38. The van der Waals surface area contributed by atoms with Crippen LogP contribution in [0.4, 0.5) is 10.5 Å². The van der Waals surface area contributed by atoms with E-state index in [-0.39, 0.29) is 6.09 Å². The zero-order chi connectivity index (χ0) is 13.8. The average molecular weight is 289 g/mol. The van der Waals surface area contributed by atoms with Crippen molar-refractivity contribution in [1.29, 1.82) is 0 Å². The molecule has 1 aliphatic heterocycles. The first kappa shape index (κ1) is 13.1. The number of carbonyl (C=O) groups excluding carboxylic acids is 1. The summed E-state index contributed by atoms with van der Waals surface area (Å²) in [7, 11) is 0. The third kappa shape index (κ3) is 2.97. The number of hydrogen-bond donors (Lipinski definition) is 1. The van der Waals surface area contributed by atoms with Crippen LogP contribution in [0, 0.1) is 0 Å². The minimum atomic E-state index is -0.264. The molecule has 3 rings (SSSR count). The van der Waals surface area contributed by atoms with Crippen molar-refractivity contribution in [3.8, 4) is 0 Å². The first-order valence-electron chi connectivity index (χ1n) is 6.44. The fraction of sp³-hybridized carbons (Fsp3) is 0.286. The van der Waals surface area contributed by atoms with Gasteiger partial charge >= 0.3 is 6.09 Å². The summed E-state index contributed by atoms with van der Waals surface area (Å²) in [5.74, 6) is 0. The molecular weight excluding hydrogens is 274 g/mol. The highest BCUT2D eigenvalue weighted by Crippen LogP contribution is 2.19. The number of thiazole rings is 1. The predicted octanol–water partition coefficient (Wildman–Crippen LogP) is 2.39. The minimum Gasteiger partial charge on any atom is -0.447 e. The van der Waals surface area contributed by atoms with Gasteiger partial charge in [0.1, 0.15) is 6.61 Å². The summed E-state index contributed by atoms with van der Waals surface area (Å²) >= 11 is 1.60. The van der Waals surface area contributed by atoms with E-state index in [1.54, 1.807) is 16.2 Å². The Balaban J connectivity index is 1.54. The fourth-order valence-electron chi connectivity index (χ4n) is 2.08. The maximum absolute atomic E-state index is 11.4. The second-order valence-electron chi connectivity index (χ2n) is 4.52. The molecule has 6 heteroatoms. The molecular formula is C14H15N3O2S. The van der Waals surface area contributed by atoms with Gasteiger partial charge in [-0.3, -0.25) is 4.90 Å². The van der Waals surface area contributed by atoms with E-state index in [1.165, 1.54) is 5.56 Å². The number of carbonyl (C=O) groups is 1. The second kappa shape index (κ2) is 6.02. The smallest absolute Gasteiger partial charge is 0.414 e. The molecule has 0 aliphatic carbocycles. The summed E-state index contributed by atoms with van der Waals surface area (Å²) in [5, 5.41) is 5.38. The minimum absolute atomic E-state index is 0.264. The van der Waals surface area contributed by atoms with Crippen LogP contribution in [0.2, 0.25) is 0 Å². The van der Waals surface area contributed by atoms with Gasteiger partial charge in [0, 0.05) is 24.2 Å². The Morgan fingerprint density at radius 3 is 2.80 bits per heavy atom. The molecule has 1 aromatic heterocycles. The van der Waals surface area contributed by atoms with Crippen LogP contribution < -0.4 is 10.2 Å². The number of hydrogen-bond acceptors (Lipinski definition) is 5. The van der Waals surface area contributed by atoms with Gasteiger partial charge in [-0.1, -0.05) is 12.1 Å². The van der Waals surface area contributed by atoms with E-state index in [2.05, 4.69) is 10.3 Å². The number of nitrogens with zero attached hydrogens (tertiary/aromatic N) is 2. The molecule has 1 fully saturated rings. The van der Waals surface area contributed by atoms with E-state index in [9.17, 15) is 4.79 Å². The Hall–Kier alpha value is -1.92. The van der Waals surface area contributed by atoms with Crippen molar-refractivity contribution in [2.45, 2.75) is 13.1 Å². The van der Waals surface area contributed by atoms with Crippen LogP contribution in [-0.2, 0) is 17.8 Å². The van der Waals surface area contributed by atoms with Gasteiger partial charge < -0.3 is 10.1 Å². The number of cyclic esters (lactones) is 1. The lowest BCUT2D eigenvalue weighted by Crippen LogP contribution is -2.23. The number of amides is 1. The summed E-state index contributed by atoms with van der Waals surface area (Å²) in [5.41, 5.74) is 4.96. The molecule has 5 nitrogen and oxygen atoms in total. The summed E-state index contributed by atoms with van der Waals surface area (Å²) in [6.07, 6.45) is -0.264. The maximum Gasteiger partial charge on any atom is 0.414 e. The van der Waals surface area contributed by atoms with Crippen LogP contribution in [0.25, 0.3) is 0 Å². The third-order valence-electron chi connectivity index (χ3n) is 3.13. The van der Waals surface area contributed by atoms with E-state index < -0.39 is 0 Å². The lowest BCUT2D eigenvalue weighted by atomic mass is 10.2. The Bertz CT molecular complexity index is 569. The molecule has 0 saturated carbocycles. The molecule has 2 heterocycles. The molecule has 1 aliphatic rings. The lowest BCUT2D eigenvalue weighted by molar-refractivity contribution is 0.181. The van der Waals surface area contributed by atoms with Crippen LogP contribution >= 0.6 is 11.3 Å². The van der Waals surface area contributed by atoms with E-state index >= 15 is 0 Å². The topological polar surface area (TPSA) is 54.5 Å². The largest absolute Gasteiger partial charge is 0.447 e. The summed E-state index contributed by atoms with van der Waals surface area (Å²) in [6, 6.07) is 7.95. The molecule has 104 valence electrons. The zero-order valence-electron chi connectivity index (χ0n) is 10.9. The van der Waals surface area contributed by atoms with Crippen molar-refractivity contribution in [3.63, 3.8) is 0 Å². The van der Waals surface area contributed by atoms with Gasteiger partial charge in [0.25, 0.3) is 0 Å². The Kier molecular flexibility index (Phi) is 3.94. The van der Waals surface area contributed by atoms with Crippen molar-refractivity contribution >= 4 is 23.1 Å². The van der Waals surface area contributed by atoms with E-state index in [4.69, 9.17) is 4.74 Å². The molecule has 0 bridgehead atoms. The van der Waals surface area contributed by atoms with Crippen molar-refractivity contribution in [3.05, 3.63) is 46.4 Å². The van der Waals surface area contributed by atoms with Crippen LogP contribution in [0.15, 0.2) is 35.2 Å². The van der Waals surface area contributed by atoms with Gasteiger partial charge in [0.2, 0.25) is 0 Å². The number of benzene rings is 1. The highest BCUT2D eigenvalue weighted by Gasteiger charge is 2.23. The van der Waals surface area contributed by atoms with Gasteiger partial charge in [-0.2, -0.15) is 0 Å². The molecule has 0 unspecified atom stereocenters. The molecule has 1 amide bonds. The van der Waals surface area contributed by atoms with E-state index in [0.717, 1.165) is 24.5 Å². The van der Waals surface area contributed by atoms with Gasteiger partial charge in [0.05, 0.1) is 17.7 Å². The van der Waals surface area contributed by atoms with Crippen molar-refractivity contribution in [1.82, 2.24) is 10.3 Å². The van der Waals surface area contributed by atoms with Gasteiger partial charge in [-0.25, -0.2) is 9.78 Å². The number of aromatic nitrogens is 1. The Morgan fingerprint density at radius 1 is 1.30 bits per heavy atom. The average Bonchev–Trinajstić information content (AvgIpc) is 3.11. The molecule has 0 radical (unpaired) electrons. The number of anilines is 1. The highest BCUT2D eigenvalue weighted by atomic mass is 32.1. The first-order chi connectivity index (χ1) is 9.83. The lowest BCUT2D eigenvalue weighted by Gasteiger charge is -2.13. The quantitative estimate of drug-likeness (QED) is 0.918. The number of ether oxygens (including phenoxy) is 1. The molecule has 2 aromatic rings. The third-order valence-corrected chi connectivity index (χ3v) is 3.76. The normalized spacial score (nSPS) is 14.6. The molecule has 1 aromatic carbocycles. The molecule has 0 atom stereocenters. The summed E-state index contributed by atoms with van der Waals surface area (Å²) in [6.45, 7) is 2.64. The van der Waals surface area contributed by atoms with Crippen LogP contribution in [-0.4, -0.2) is 24.2 Å². The molecule has 1 N–H and O–H groups in total. The van der Waals surface area contributed by atoms with E-state index in [1.807, 2.05) is 35.2 Å². The van der Waals surface area contributed by atoms with Crippen LogP contribution in [0.3, 0.4) is 0 Å². The van der Waals surface area contributed by atoms with Crippen molar-refractivity contribution in [2.24, 2.45) is 0 Å². The summed E-state index contributed by atoms with van der Waals surface area (Å²) in [4.78, 5) is 17.3. The van der Waals surface area contributed by atoms with Gasteiger partial charge in [0.15, 0.2) is 0 Å². The van der Waals surface area contributed by atoms with Crippen molar-refractivity contribution < 1.29 is 9.53 Å². The monoisotopic (exact) mass is 289 g/mol. The Labute approximate surface area is 121 Å². The maximum atomic E-state index is 11.4. The SMILES string of the molecule is O=C1OCCN1c1ccc(CNCc2cscn2)cc1. The standard InChI is InChI=1S/C14H15N3O2S/c18-14-17(5-6-19-14)13-3-1-11(2-4-13)7-15-8-12-9-20-10-16-12/h1-4,9-10,15H,5-8H2. The second-order valence-corrected chi connectivity index (χ2v) is 5.23. The van der Waals surface area contributed by atoms with Crippen LogP contribution in [0.5, 0.6) is 0 Å². The fourth-order valence-corrected chi connectivity index (χ4v) is 2.64. The summed E-state index contributed by atoms with van der Waals surface area (Å²) < 4.78 is 4.93. The number of rotatable bonds is 5. The van der Waals surface area contributed by atoms with Gasteiger partial charge in [-0.05, 0) is 17.7 Å². The zero-order valence-corrected chi connectivity index (χ0v) is 11.7. The van der Waals surface area contributed by atoms with Crippen molar-refractivity contribution in [2.75, 3.05) is 18.1 Å². The molecule has 0 spiro atoms. The van der Waals surface area contributed by atoms with E-state index in [0.29, 0.717) is 13.2 Å². The molecule has 20 heavy (non-hydrogen) atoms. The van der Waals surface area contributed by atoms with Gasteiger partial charge in [-0.15, -0.1) is 11.3 Å². The number of nitrogens with one attached hydrogen (secondary N) is 1.